The summed E-state index contributed by atoms with van der Waals surface area (Å²) in [6, 6.07) is 5.61. The summed E-state index contributed by atoms with van der Waals surface area (Å²) in [6.07, 6.45) is 1.67. The third-order valence-corrected chi connectivity index (χ3v) is 3.31. The molecule has 2 aromatic rings. The summed E-state index contributed by atoms with van der Waals surface area (Å²) in [5, 5.41) is 7.19. The summed E-state index contributed by atoms with van der Waals surface area (Å²) in [4.78, 5) is 0. The summed E-state index contributed by atoms with van der Waals surface area (Å²) in [7, 11) is 0. The molecule has 0 spiro atoms. The first-order valence-electron chi connectivity index (χ1n) is 3.93. The zero-order chi connectivity index (χ0) is 10.1. The number of nitrogens with one attached hydrogen (secondary N) is 1. The lowest BCUT2D eigenvalue weighted by molar-refractivity contribution is 1.10. The molecule has 0 amide bonds. The Morgan fingerprint density at radius 3 is 2.79 bits per heavy atom. The lowest BCUT2D eigenvalue weighted by atomic mass is 10.1. The number of aromatic nitrogens is 2. The monoisotopic (exact) mass is 271 g/mol. The summed E-state index contributed by atoms with van der Waals surface area (Å²) < 4.78 is 0.828. The minimum atomic E-state index is 0.535. The van der Waals surface area contributed by atoms with E-state index in [1.54, 1.807) is 6.20 Å². The van der Waals surface area contributed by atoms with Crippen LogP contribution in [-0.4, -0.2) is 10.2 Å². The minimum absolute atomic E-state index is 0.535. The van der Waals surface area contributed by atoms with Crippen LogP contribution in [0.4, 0.5) is 5.82 Å². The second kappa shape index (κ2) is 3.63. The van der Waals surface area contributed by atoms with Crippen LogP contribution in [0, 0.1) is 0 Å². The summed E-state index contributed by atoms with van der Waals surface area (Å²) >= 11 is 9.37. The second-order valence-electron chi connectivity index (χ2n) is 2.80. The number of H-pyrrole nitrogens is 1. The molecule has 0 aliphatic rings. The molecule has 0 unspecified atom stereocenters. The number of benzene rings is 1. The molecule has 0 fully saturated rings. The first-order chi connectivity index (χ1) is 6.70. The van der Waals surface area contributed by atoms with Crippen LogP contribution in [-0.2, 0) is 0 Å². The maximum Gasteiger partial charge on any atom is 0.126 e. The van der Waals surface area contributed by atoms with Crippen LogP contribution in [0.3, 0.4) is 0 Å². The highest BCUT2D eigenvalue weighted by molar-refractivity contribution is 9.10. The topological polar surface area (TPSA) is 54.7 Å². The van der Waals surface area contributed by atoms with Gasteiger partial charge in [0, 0.05) is 15.6 Å². The van der Waals surface area contributed by atoms with E-state index in [1.165, 1.54) is 0 Å². The van der Waals surface area contributed by atoms with Gasteiger partial charge in [0.2, 0.25) is 0 Å². The van der Waals surface area contributed by atoms with Crippen molar-refractivity contribution in [3.05, 3.63) is 33.9 Å². The zero-order valence-electron chi connectivity index (χ0n) is 7.09. The minimum Gasteiger partial charge on any atom is -0.384 e. The molecule has 3 N–H and O–H groups in total. The Bertz CT molecular complexity index is 467. The number of hydrogen-bond donors (Lipinski definition) is 2. The number of halogens is 2. The number of nitrogens with zero attached hydrogens (tertiary/aromatic N) is 1. The van der Waals surface area contributed by atoms with Crippen molar-refractivity contribution >= 4 is 33.3 Å². The maximum atomic E-state index is 5.96. The standard InChI is InChI=1S/C9H7BrClN3/c10-8-5(2-1-3-7(8)11)6-4-13-14-9(6)12/h1-4H,(H3,12,13,14). The predicted molar refractivity (Wildman–Crippen MR) is 61.1 cm³/mol. The van der Waals surface area contributed by atoms with Gasteiger partial charge < -0.3 is 5.73 Å². The van der Waals surface area contributed by atoms with Crippen molar-refractivity contribution in [2.45, 2.75) is 0 Å². The molecule has 0 radical (unpaired) electrons. The SMILES string of the molecule is Nc1[nH]ncc1-c1cccc(Cl)c1Br. The highest BCUT2D eigenvalue weighted by atomic mass is 79.9. The van der Waals surface area contributed by atoms with E-state index >= 15 is 0 Å². The Morgan fingerprint density at radius 2 is 2.14 bits per heavy atom. The molecular weight excluding hydrogens is 265 g/mol. The summed E-state index contributed by atoms with van der Waals surface area (Å²) in [5.41, 5.74) is 7.49. The summed E-state index contributed by atoms with van der Waals surface area (Å²) in [6.45, 7) is 0. The molecule has 1 aromatic heterocycles. The molecule has 72 valence electrons. The molecule has 0 aliphatic heterocycles. The van der Waals surface area contributed by atoms with E-state index < -0.39 is 0 Å². The molecule has 2 rings (SSSR count). The van der Waals surface area contributed by atoms with Crippen LogP contribution < -0.4 is 5.73 Å². The molecule has 5 heteroatoms. The molecule has 14 heavy (non-hydrogen) atoms. The Balaban J connectivity index is 2.63. The van der Waals surface area contributed by atoms with Crippen molar-refractivity contribution in [3.63, 3.8) is 0 Å². The van der Waals surface area contributed by atoms with Crippen LogP contribution in [0.15, 0.2) is 28.9 Å². The fraction of sp³-hybridized carbons (Fsp3) is 0. The van der Waals surface area contributed by atoms with Crippen molar-refractivity contribution in [2.24, 2.45) is 0 Å². The normalized spacial score (nSPS) is 10.4. The van der Waals surface area contributed by atoms with E-state index in [4.69, 9.17) is 17.3 Å². The van der Waals surface area contributed by atoms with E-state index in [1.807, 2.05) is 18.2 Å². The smallest absolute Gasteiger partial charge is 0.126 e. The number of anilines is 1. The van der Waals surface area contributed by atoms with Crippen LogP contribution in [0.5, 0.6) is 0 Å². The van der Waals surface area contributed by atoms with Crippen molar-refractivity contribution < 1.29 is 0 Å². The Kier molecular flexibility index (Phi) is 2.48. The van der Waals surface area contributed by atoms with Gasteiger partial charge >= 0.3 is 0 Å². The molecular formula is C9H7BrClN3. The number of rotatable bonds is 1. The number of aromatic amines is 1. The number of hydrogen-bond acceptors (Lipinski definition) is 2. The Morgan fingerprint density at radius 1 is 1.36 bits per heavy atom. The van der Waals surface area contributed by atoms with Crippen molar-refractivity contribution in [1.82, 2.24) is 10.2 Å². The molecule has 0 bridgehead atoms. The quantitative estimate of drug-likeness (QED) is 0.838. The molecule has 1 heterocycles. The average Bonchev–Trinajstić information content (AvgIpc) is 2.57. The number of nitrogens with two attached hydrogens (primary N) is 1. The number of nitrogen functional groups attached to an aromatic ring is 1. The molecule has 3 nitrogen and oxygen atoms in total. The first-order valence-corrected chi connectivity index (χ1v) is 5.10. The zero-order valence-corrected chi connectivity index (χ0v) is 9.43. The largest absolute Gasteiger partial charge is 0.384 e. The van der Waals surface area contributed by atoms with E-state index in [2.05, 4.69) is 26.1 Å². The fourth-order valence-corrected chi connectivity index (χ4v) is 1.88. The van der Waals surface area contributed by atoms with Crippen molar-refractivity contribution in [3.8, 4) is 11.1 Å². The lowest BCUT2D eigenvalue weighted by Crippen LogP contribution is -1.88. The first kappa shape index (κ1) is 9.55. The molecule has 0 saturated heterocycles. The second-order valence-corrected chi connectivity index (χ2v) is 4.00. The Labute approximate surface area is 94.4 Å². The van der Waals surface area contributed by atoms with Crippen LogP contribution in [0.2, 0.25) is 5.02 Å². The fourth-order valence-electron chi connectivity index (χ4n) is 1.22. The van der Waals surface area contributed by atoms with Gasteiger partial charge in [-0.05, 0) is 22.0 Å². The van der Waals surface area contributed by atoms with Crippen LogP contribution >= 0.6 is 27.5 Å². The van der Waals surface area contributed by atoms with E-state index in [-0.39, 0.29) is 0 Å². The molecule has 0 aliphatic carbocycles. The highest BCUT2D eigenvalue weighted by Gasteiger charge is 2.09. The van der Waals surface area contributed by atoms with Crippen LogP contribution in [0.25, 0.3) is 11.1 Å². The molecule has 0 saturated carbocycles. The Hall–Kier alpha value is -1.000. The van der Waals surface area contributed by atoms with Gasteiger partial charge in [0.25, 0.3) is 0 Å². The third kappa shape index (κ3) is 1.51. The van der Waals surface area contributed by atoms with Crippen molar-refractivity contribution in [2.75, 3.05) is 5.73 Å². The van der Waals surface area contributed by atoms with E-state index in [0.29, 0.717) is 10.8 Å². The third-order valence-electron chi connectivity index (χ3n) is 1.91. The van der Waals surface area contributed by atoms with Gasteiger partial charge in [-0.3, -0.25) is 5.10 Å². The predicted octanol–water partition coefficient (Wildman–Crippen LogP) is 3.07. The van der Waals surface area contributed by atoms with Gasteiger partial charge in [-0.1, -0.05) is 23.7 Å². The van der Waals surface area contributed by atoms with Gasteiger partial charge in [-0.15, -0.1) is 0 Å². The van der Waals surface area contributed by atoms with Gasteiger partial charge in [-0.2, -0.15) is 5.10 Å². The van der Waals surface area contributed by atoms with Crippen molar-refractivity contribution in [1.29, 1.82) is 0 Å². The lowest BCUT2D eigenvalue weighted by Gasteiger charge is -2.03. The van der Waals surface area contributed by atoms with E-state index in [9.17, 15) is 0 Å². The highest BCUT2D eigenvalue weighted by Crippen LogP contribution is 2.35. The van der Waals surface area contributed by atoms with Crippen LogP contribution in [0.1, 0.15) is 0 Å². The van der Waals surface area contributed by atoms with Gasteiger partial charge in [0.05, 0.1) is 11.2 Å². The summed E-state index contributed by atoms with van der Waals surface area (Å²) in [5.74, 6) is 0.535. The van der Waals surface area contributed by atoms with E-state index in [0.717, 1.165) is 15.6 Å². The molecule has 0 atom stereocenters. The maximum absolute atomic E-state index is 5.96. The average molecular weight is 273 g/mol. The van der Waals surface area contributed by atoms with Gasteiger partial charge in [0.15, 0.2) is 0 Å². The van der Waals surface area contributed by atoms with Gasteiger partial charge in [-0.25, -0.2) is 0 Å². The van der Waals surface area contributed by atoms with Gasteiger partial charge in [0.1, 0.15) is 5.82 Å². The molecule has 1 aromatic carbocycles.